The number of ether oxygens (including phenoxy) is 1. The number of hydrogen-bond acceptors (Lipinski definition) is 7. The van der Waals surface area contributed by atoms with E-state index in [0.717, 1.165) is 26.7 Å². The Morgan fingerprint density at radius 1 is 1.00 bits per heavy atom. The van der Waals surface area contributed by atoms with E-state index in [-0.39, 0.29) is 12.1 Å². The Balaban J connectivity index is 1.49. The molecule has 0 saturated carbocycles. The van der Waals surface area contributed by atoms with Crippen LogP contribution >= 0.6 is 11.3 Å². The van der Waals surface area contributed by atoms with Crippen LogP contribution in [0.25, 0.3) is 32.0 Å². The van der Waals surface area contributed by atoms with Crippen molar-refractivity contribution in [3.63, 3.8) is 0 Å². The summed E-state index contributed by atoms with van der Waals surface area (Å²) >= 11 is 1.35. The summed E-state index contributed by atoms with van der Waals surface area (Å²) in [4.78, 5) is 37.6. The van der Waals surface area contributed by atoms with Gasteiger partial charge < -0.3 is 9.15 Å². The summed E-state index contributed by atoms with van der Waals surface area (Å²) in [6.45, 7) is 2.62. The van der Waals surface area contributed by atoms with E-state index in [1.807, 2.05) is 73.7 Å². The van der Waals surface area contributed by atoms with E-state index in [1.54, 1.807) is 18.3 Å². The molecule has 3 aromatic carbocycles. The second-order valence-corrected chi connectivity index (χ2v) is 9.43. The fourth-order valence-corrected chi connectivity index (χ4v) is 5.30. The van der Waals surface area contributed by atoms with Crippen molar-refractivity contribution in [3.05, 3.63) is 107 Å². The Hall–Kier alpha value is -4.56. The molecule has 3 aromatic heterocycles. The monoisotopic (exact) mass is 507 g/mol. The number of carbonyl (C=O) groups is 1. The van der Waals surface area contributed by atoms with Gasteiger partial charge in [-0.25, -0.2) is 9.78 Å². The Bertz CT molecular complexity index is 1830. The first-order valence-electron chi connectivity index (χ1n) is 11.8. The molecule has 0 spiro atoms. The molecule has 0 atom stereocenters. The zero-order valence-electron chi connectivity index (χ0n) is 19.9. The zero-order chi connectivity index (χ0) is 25.4. The molecule has 7 nitrogen and oxygen atoms in total. The fourth-order valence-electron chi connectivity index (χ4n) is 4.31. The predicted octanol–water partition coefficient (Wildman–Crippen LogP) is 6.20. The van der Waals surface area contributed by atoms with Crippen LogP contribution in [0.5, 0.6) is 5.75 Å². The second kappa shape index (κ2) is 9.48. The van der Waals surface area contributed by atoms with Crippen molar-refractivity contribution in [1.29, 1.82) is 0 Å². The van der Waals surface area contributed by atoms with Crippen molar-refractivity contribution >= 4 is 54.3 Å². The van der Waals surface area contributed by atoms with Gasteiger partial charge >= 0.3 is 5.63 Å². The lowest BCUT2D eigenvalue weighted by molar-refractivity contribution is 0.0981. The molecule has 3 heterocycles. The van der Waals surface area contributed by atoms with Crippen molar-refractivity contribution < 1.29 is 13.9 Å². The van der Waals surface area contributed by atoms with Crippen LogP contribution in [0.1, 0.15) is 23.0 Å². The lowest BCUT2D eigenvalue weighted by Crippen LogP contribution is -2.34. The predicted molar refractivity (Wildman–Crippen MR) is 146 cm³/mol. The molecule has 0 radical (unpaired) electrons. The molecule has 0 aliphatic heterocycles. The van der Waals surface area contributed by atoms with E-state index in [4.69, 9.17) is 14.1 Å². The van der Waals surface area contributed by atoms with Gasteiger partial charge in [0.15, 0.2) is 5.13 Å². The van der Waals surface area contributed by atoms with Crippen LogP contribution in [0.4, 0.5) is 5.13 Å². The molecule has 182 valence electrons. The molecule has 37 heavy (non-hydrogen) atoms. The summed E-state index contributed by atoms with van der Waals surface area (Å²) in [5.41, 5.74) is 1.08. The molecule has 0 fully saturated rings. The highest BCUT2D eigenvalue weighted by molar-refractivity contribution is 7.22. The van der Waals surface area contributed by atoms with Crippen LogP contribution in [-0.4, -0.2) is 22.5 Å². The van der Waals surface area contributed by atoms with Crippen LogP contribution in [0.3, 0.4) is 0 Å². The molecule has 6 aromatic rings. The van der Waals surface area contributed by atoms with Gasteiger partial charge in [0.25, 0.3) is 5.91 Å². The summed E-state index contributed by atoms with van der Waals surface area (Å²) in [6, 6.07) is 24.2. The summed E-state index contributed by atoms with van der Waals surface area (Å²) in [7, 11) is 0. The van der Waals surface area contributed by atoms with Crippen molar-refractivity contribution in [2.75, 3.05) is 11.5 Å². The molecule has 0 bridgehead atoms. The van der Waals surface area contributed by atoms with Gasteiger partial charge in [-0.15, -0.1) is 0 Å². The maximum Gasteiger partial charge on any atom is 0.349 e. The van der Waals surface area contributed by atoms with Gasteiger partial charge in [0, 0.05) is 11.6 Å². The van der Waals surface area contributed by atoms with Crippen molar-refractivity contribution in [2.45, 2.75) is 13.5 Å². The number of thiazole rings is 1. The number of fused-ring (bicyclic) bond motifs is 4. The van der Waals surface area contributed by atoms with E-state index in [0.29, 0.717) is 28.4 Å². The molecule has 0 aliphatic rings. The van der Waals surface area contributed by atoms with Crippen molar-refractivity contribution in [2.24, 2.45) is 0 Å². The third-order valence-corrected chi connectivity index (χ3v) is 7.10. The SMILES string of the molecule is CCOc1ccc2nc(N(Cc3ccccn3)C(=O)c3cc4c(ccc5ccccc54)oc3=O)sc2c1. The van der Waals surface area contributed by atoms with E-state index < -0.39 is 11.5 Å². The maximum absolute atomic E-state index is 14.0. The summed E-state index contributed by atoms with van der Waals surface area (Å²) in [6.07, 6.45) is 1.67. The molecule has 0 aliphatic carbocycles. The zero-order valence-corrected chi connectivity index (χ0v) is 20.7. The van der Waals surface area contributed by atoms with Crippen molar-refractivity contribution in [3.8, 4) is 5.75 Å². The van der Waals surface area contributed by atoms with Gasteiger partial charge in [-0.2, -0.15) is 0 Å². The van der Waals surface area contributed by atoms with E-state index in [2.05, 4.69) is 4.98 Å². The van der Waals surface area contributed by atoms with Crippen LogP contribution < -0.4 is 15.3 Å². The number of pyridine rings is 1. The Kier molecular flexibility index (Phi) is 5.86. The Labute approximate surface area is 215 Å². The topological polar surface area (TPSA) is 85.5 Å². The normalized spacial score (nSPS) is 11.3. The van der Waals surface area contributed by atoms with Crippen LogP contribution in [-0.2, 0) is 6.54 Å². The van der Waals surface area contributed by atoms with Gasteiger partial charge in [0.2, 0.25) is 0 Å². The highest BCUT2D eigenvalue weighted by Gasteiger charge is 2.26. The van der Waals surface area contributed by atoms with E-state index >= 15 is 0 Å². The molecular weight excluding hydrogens is 486 g/mol. The number of anilines is 1. The van der Waals surface area contributed by atoms with Gasteiger partial charge in [0.1, 0.15) is 16.9 Å². The number of benzene rings is 3. The minimum atomic E-state index is -0.696. The molecule has 1 amide bonds. The number of nitrogens with zero attached hydrogens (tertiary/aromatic N) is 3. The summed E-state index contributed by atoms with van der Waals surface area (Å²) in [5.74, 6) is 0.230. The average Bonchev–Trinajstić information content (AvgIpc) is 3.35. The van der Waals surface area contributed by atoms with Crippen LogP contribution in [0.15, 0.2) is 94.3 Å². The summed E-state index contributed by atoms with van der Waals surface area (Å²) < 4.78 is 12.1. The van der Waals surface area contributed by atoms with Gasteiger partial charge in [0.05, 0.1) is 29.1 Å². The number of rotatable bonds is 6. The van der Waals surface area contributed by atoms with Gasteiger partial charge in [-0.3, -0.25) is 14.7 Å². The maximum atomic E-state index is 14.0. The lowest BCUT2D eigenvalue weighted by Gasteiger charge is -2.19. The van der Waals surface area contributed by atoms with Crippen molar-refractivity contribution in [1.82, 2.24) is 9.97 Å². The largest absolute Gasteiger partial charge is 0.494 e. The molecule has 0 saturated heterocycles. The average molecular weight is 508 g/mol. The molecular formula is C29H21N3O4S. The first kappa shape index (κ1) is 22.9. The quantitative estimate of drug-likeness (QED) is 0.197. The highest BCUT2D eigenvalue weighted by Crippen LogP contribution is 2.33. The first-order valence-corrected chi connectivity index (χ1v) is 12.6. The van der Waals surface area contributed by atoms with E-state index in [9.17, 15) is 9.59 Å². The second-order valence-electron chi connectivity index (χ2n) is 8.42. The smallest absolute Gasteiger partial charge is 0.349 e. The number of hydrogen-bond donors (Lipinski definition) is 0. The lowest BCUT2D eigenvalue weighted by atomic mass is 10.0. The fraction of sp³-hybridized carbons (Fsp3) is 0.103. The molecule has 6 rings (SSSR count). The third-order valence-electron chi connectivity index (χ3n) is 6.05. The number of amides is 1. The minimum absolute atomic E-state index is 0.0611. The van der Waals surface area contributed by atoms with Gasteiger partial charge in [-0.05, 0) is 60.2 Å². The number of aromatic nitrogens is 2. The van der Waals surface area contributed by atoms with Gasteiger partial charge in [-0.1, -0.05) is 47.7 Å². The first-order chi connectivity index (χ1) is 18.1. The van der Waals surface area contributed by atoms with E-state index in [1.165, 1.54) is 16.2 Å². The Morgan fingerprint density at radius 3 is 2.70 bits per heavy atom. The highest BCUT2D eigenvalue weighted by atomic mass is 32.1. The molecule has 0 N–H and O–H groups in total. The Morgan fingerprint density at radius 2 is 1.86 bits per heavy atom. The van der Waals surface area contributed by atoms with Crippen LogP contribution in [0.2, 0.25) is 0 Å². The summed E-state index contributed by atoms with van der Waals surface area (Å²) in [5, 5.41) is 3.04. The standard InChI is InChI=1S/C29H21N3O4S/c1-2-35-20-11-12-24-26(15-20)37-29(31-24)32(17-19-8-5-6-14-30-19)27(33)23-16-22-21-9-4-3-7-18(21)10-13-25(22)36-28(23)34/h3-16H,2,17H2,1H3. The number of carbonyl (C=O) groups excluding carboxylic acids is 1. The third kappa shape index (κ3) is 4.32. The molecule has 8 heteroatoms. The van der Waals surface area contributed by atoms with Crippen LogP contribution in [0, 0.1) is 0 Å². The minimum Gasteiger partial charge on any atom is -0.494 e. The molecule has 0 unspecified atom stereocenters.